The van der Waals surface area contributed by atoms with Gasteiger partial charge in [0.25, 0.3) is 0 Å². The van der Waals surface area contributed by atoms with E-state index in [4.69, 9.17) is 10.2 Å². The summed E-state index contributed by atoms with van der Waals surface area (Å²) in [4.78, 5) is 80.0. The molecule has 1 unspecified atom stereocenters. The van der Waals surface area contributed by atoms with Gasteiger partial charge in [-0.25, -0.2) is 14.4 Å². The standard InChI is InChI=1S/C47H76N12O12/c1-10-56(6)27-34(60)24-47(3,25-35(61)28-57(7)21-22-58(8)30-40(65)66)26-36(62)29-59(9)31(2)23-32-14-16-33(17-15-32)49-44-52-43(53-45(54-44)55(4)5)48-20-12-11-13-37(41(67)68)50-46(71)51-38(42(69)70)18-19-39(63)64/h14-17,24-26,31,37-38,60-62H,10-13,18-23,27-30H2,1-9H3,(H,63,64)(H,65,66)(H,67,68)(H,69,70)(H2,50,51,71)(H2,48,49,52,53,54)/b34-24+,35-25+,36-26+/t31?,37-,38-,47+/m0/s1. The fraction of sp³-hybridized carbons (Fsp3) is 0.574. The molecule has 2 aromatic rings. The number of carbonyl (C=O) groups is 5. The first kappa shape index (κ1) is 60.4. The van der Waals surface area contributed by atoms with Gasteiger partial charge in [0.2, 0.25) is 17.8 Å². The lowest BCUT2D eigenvalue weighted by atomic mass is 9.87. The molecule has 2 amide bonds. The first-order valence-corrected chi connectivity index (χ1v) is 23.2. The van der Waals surface area contributed by atoms with Crippen molar-refractivity contribution in [2.45, 2.75) is 77.4 Å². The number of aliphatic carboxylic acids is 4. The fourth-order valence-corrected chi connectivity index (χ4v) is 7.01. The average Bonchev–Trinajstić information content (AvgIpc) is 3.26. The largest absolute Gasteiger partial charge is 0.511 e. The highest BCUT2D eigenvalue weighted by atomic mass is 16.4. The highest BCUT2D eigenvalue weighted by molar-refractivity contribution is 5.86. The number of rotatable bonds is 34. The van der Waals surface area contributed by atoms with E-state index in [-0.39, 0.29) is 74.2 Å². The Bertz CT molecular complexity index is 2140. The second-order valence-electron chi connectivity index (χ2n) is 18.2. The third kappa shape index (κ3) is 24.6. The zero-order valence-corrected chi connectivity index (χ0v) is 42.4. The van der Waals surface area contributed by atoms with Crippen molar-refractivity contribution in [3.63, 3.8) is 0 Å². The number of allylic oxidation sites excluding steroid dienone is 3. The zero-order valence-electron chi connectivity index (χ0n) is 42.4. The van der Waals surface area contributed by atoms with Crippen molar-refractivity contribution in [3.8, 4) is 0 Å². The molecule has 0 saturated heterocycles. The van der Waals surface area contributed by atoms with Crippen molar-refractivity contribution in [3.05, 3.63) is 65.3 Å². The molecule has 0 bridgehead atoms. The molecular formula is C47H76N12O12. The summed E-state index contributed by atoms with van der Waals surface area (Å²) in [5, 5.41) is 80.7. The van der Waals surface area contributed by atoms with Crippen molar-refractivity contribution in [1.29, 1.82) is 0 Å². The van der Waals surface area contributed by atoms with E-state index in [9.17, 15) is 49.5 Å². The number of unbranched alkanes of at least 4 members (excludes halogenated alkanes) is 1. The molecule has 11 N–H and O–H groups in total. The van der Waals surface area contributed by atoms with Crippen LogP contribution < -0.4 is 26.2 Å². The number of anilines is 4. The summed E-state index contributed by atoms with van der Waals surface area (Å²) in [6.07, 6.45) is 5.41. The summed E-state index contributed by atoms with van der Waals surface area (Å²) in [5.74, 6) is -3.89. The number of aromatic nitrogens is 3. The summed E-state index contributed by atoms with van der Waals surface area (Å²) in [6.45, 7) is 8.34. The fourth-order valence-electron chi connectivity index (χ4n) is 7.01. The van der Waals surface area contributed by atoms with Gasteiger partial charge < -0.3 is 61.9 Å². The number of hydrogen-bond acceptors (Lipinski definition) is 18. The minimum absolute atomic E-state index is 0.0198. The van der Waals surface area contributed by atoms with Crippen LogP contribution in [0.15, 0.2) is 59.8 Å². The summed E-state index contributed by atoms with van der Waals surface area (Å²) >= 11 is 0. The first-order chi connectivity index (χ1) is 33.3. The predicted octanol–water partition coefficient (Wildman–Crippen LogP) is 3.43. The molecule has 4 atom stereocenters. The van der Waals surface area contributed by atoms with Gasteiger partial charge in [0.1, 0.15) is 29.4 Å². The van der Waals surface area contributed by atoms with Gasteiger partial charge in [0.15, 0.2) is 0 Å². The van der Waals surface area contributed by atoms with E-state index in [0.29, 0.717) is 57.1 Å². The molecule has 0 spiro atoms. The monoisotopic (exact) mass is 1000 g/mol. The number of likely N-dealkylation sites (N-methyl/N-ethyl adjacent to an activating group) is 4. The normalized spacial score (nSPS) is 14.5. The molecule has 24 heteroatoms. The lowest BCUT2D eigenvalue weighted by Crippen LogP contribution is -2.51. The molecule has 0 aliphatic carbocycles. The number of aliphatic hydroxyl groups excluding tert-OH is 3. The van der Waals surface area contributed by atoms with Crippen LogP contribution in [0.5, 0.6) is 0 Å². The maximum absolute atomic E-state index is 12.3. The minimum atomic E-state index is -1.50. The third-order valence-corrected chi connectivity index (χ3v) is 11.1. The maximum Gasteiger partial charge on any atom is 0.326 e. The number of hydrogen-bond donors (Lipinski definition) is 11. The van der Waals surface area contributed by atoms with Crippen LogP contribution in [0.2, 0.25) is 0 Å². The third-order valence-electron chi connectivity index (χ3n) is 11.1. The van der Waals surface area contributed by atoms with E-state index in [1.807, 2.05) is 74.0 Å². The molecule has 1 heterocycles. The molecule has 0 fully saturated rings. The van der Waals surface area contributed by atoms with Gasteiger partial charge in [-0.15, -0.1) is 0 Å². The SMILES string of the molecule is CCN(C)C/C(O)=C\[C@](C)(/C=C(/O)CN(C)CCN(C)CC(=O)O)/C=C(/O)CN(C)C(C)Cc1ccc(Nc2nc(NCCCC[C@H](NC(=O)N[C@@H](CCC(=O)O)C(=O)O)C(=O)O)nc(N(C)C)n2)cc1. The molecule has 1 aromatic carbocycles. The summed E-state index contributed by atoms with van der Waals surface area (Å²) in [6, 6.07) is 3.83. The Balaban J connectivity index is 2.07. The van der Waals surface area contributed by atoms with Crippen LogP contribution in [0.3, 0.4) is 0 Å². The average molecular weight is 1000 g/mol. The molecule has 0 saturated carbocycles. The van der Waals surface area contributed by atoms with E-state index in [2.05, 4.69) is 36.2 Å². The van der Waals surface area contributed by atoms with Crippen LogP contribution in [-0.2, 0) is 25.6 Å². The number of amides is 2. The Morgan fingerprint density at radius 1 is 0.662 bits per heavy atom. The van der Waals surface area contributed by atoms with Crippen LogP contribution in [0.25, 0.3) is 0 Å². The van der Waals surface area contributed by atoms with Gasteiger partial charge in [-0.05, 0) is 117 Å². The van der Waals surface area contributed by atoms with Crippen molar-refractivity contribution >= 4 is 53.4 Å². The van der Waals surface area contributed by atoms with E-state index in [1.54, 1.807) is 56.1 Å². The minimum Gasteiger partial charge on any atom is -0.511 e. The second kappa shape index (κ2) is 30.1. The highest BCUT2D eigenvalue weighted by Crippen LogP contribution is 2.28. The van der Waals surface area contributed by atoms with Crippen LogP contribution in [0.1, 0.15) is 58.4 Å². The number of urea groups is 1. The van der Waals surface area contributed by atoms with E-state index < -0.39 is 53.8 Å². The number of carboxylic acids is 4. The molecule has 71 heavy (non-hydrogen) atoms. The van der Waals surface area contributed by atoms with Crippen molar-refractivity contribution < 1.29 is 59.7 Å². The summed E-state index contributed by atoms with van der Waals surface area (Å²) in [5.41, 5.74) is 0.665. The quantitative estimate of drug-likeness (QED) is 0.0353. The number of carboxylic acid groups (broad SMARTS) is 4. The number of nitrogens with one attached hydrogen (secondary N) is 4. The molecule has 1 aromatic heterocycles. The Labute approximate surface area is 415 Å². The summed E-state index contributed by atoms with van der Waals surface area (Å²) in [7, 11) is 10.8. The van der Waals surface area contributed by atoms with Crippen LogP contribution >= 0.6 is 0 Å². The van der Waals surface area contributed by atoms with E-state index in [1.165, 1.54) is 0 Å². The number of aliphatic hydroxyl groups is 3. The topological polar surface area (TPSA) is 330 Å². The molecule has 0 radical (unpaired) electrons. The number of benzene rings is 1. The van der Waals surface area contributed by atoms with E-state index >= 15 is 0 Å². The Morgan fingerprint density at radius 2 is 1.18 bits per heavy atom. The van der Waals surface area contributed by atoms with Gasteiger partial charge in [-0.1, -0.05) is 19.1 Å². The van der Waals surface area contributed by atoms with Gasteiger partial charge in [0, 0.05) is 57.3 Å². The zero-order chi connectivity index (χ0) is 53.4. The molecular weight excluding hydrogens is 925 g/mol. The van der Waals surface area contributed by atoms with Gasteiger partial charge >= 0.3 is 29.9 Å². The second-order valence-corrected chi connectivity index (χ2v) is 18.2. The lowest BCUT2D eigenvalue weighted by molar-refractivity contribution is -0.141. The number of carbonyl (C=O) groups excluding carboxylic acids is 1. The van der Waals surface area contributed by atoms with Crippen molar-refractivity contribution in [1.82, 2.24) is 45.2 Å². The Hall–Kier alpha value is -6.76. The smallest absolute Gasteiger partial charge is 0.326 e. The van der Waals surface area contributed by atoms with Crippen molar-refractivity contribution in [2.24, 2.45) is 5.41 Å². The van der Waals surface area contributed by atoms with Crippen LogP contribution in [0.4, 0.5) is 28.3 Å². The number of nitrogens with zero attached hydrogens (tertiary/aromatic N) is 8. The summed E-state index contributed by atoms with van der Waals surface area (Å²) < 4.78 is 0. The van der Waals surface area contributed by atoms with Crippen LogP contribution in [0, 0.1) is 5.41 Å². The van der Waals surface area contributed by atoms with Gasteiger partial charge in [0.05, 0.1) is 26.2 Å². The highest BCUT2D eigenvalue weighted by Gasteiger charge is 2.26. The van der Waals surface area contributed by atoms with Crippen LogP contribution in [-0.4, -0.2) is 213 Å². The maximum atomic E-state index is 12.3. The molecule has 24 nitrogen and oxygen atoms in total. The van der Waals surface area contributed by atoms with Crippen molar-refractivity contribution in [2.75, 3.05) is 110 Å². The lowest BCUT2D eigenvalue weighted by Gasteiger charge is -2.27. The molecule has 2 rings (SSSR count). The molecule has 0 aliphatic rings. The molecule has 0 aliphatic heterocycles. The predicted molar refractivity (Wildman–Crippen MR) is 269 cm³/mol. The van der Waals surface area contributed by atoms with E-state index in [0.717, 1.165) is 5.56 Å². The molecule has 396 valence electrons. The first-order valence-electron chi connectivity index (χ1n) is 23.2. The Morgan fingerprint density at radius 3 is 1.70 bits per heavy atom. The Kier molecular flexibility index (Phi) is 25.6. The van der Waals surface area contributed by atoms with Gasteiger partial charge in [-0.3, -0.25) is 29.2 Å². The van der Waals surface area contributed by atoms with Gasteiger partial charge in [-0.2, -0.15) is 15.0 Å².